The number of carboxylic acid groups (broad SMARTS) is 1. The van der Waals surface area contributed by atoms with Gasteiger partial charge in [-0.3, -0.25) is 4.79 Å². The summed E-state index contributed by atoms with van der Waals surface area (Å²) in [6, 6.07) is 0. The Morgan fingerprint density at radius 1 is 1.14 bits per heavy atom. The fraction of sp³-hybridized carbons (Fsp3) is 0.917. The highest BCUT2D eigenvalue weighted by molar-refractivity contribution is 5.66. The Hall–Kier alpha value is -0.530. The van der Waals surface area contributed by atoms with Crippen molar-refractivity contribution in [1.29, 1.82) is 0 Å². The van der Waals surface area contributed by atoms with Gasteiger partial charge in [0.15, 0.2) is 0 Å². The Balaban J connectivity index is 3.35. The lowest BCUT2D eigenvalue weighted by molar-refractivity contribution is -0.137. The average molecular weight is 200 g/mol. The van der Waals surface area contributed by atoms with Crippen LogP contribution >= 0.6 is 0 Å². The smallest absolute Gasteiger partial charge is 0.303 e. The summed E-state index contributed by atoms with van der Waals surface area (Å²) in [6.45, 7) is 6.65. The number of carboxylic acids is 1. The molecule has 0 unspecified atom stereocenters. The fourth-order valence-corrected chi connectivity index (χ4v) is 1.53. The van der Waals surface area contributed by atoms with Gasteiger partial charge in [-0.1, -0.05) is 46.5 Å². The van der Waals surface area contributed by atoms with Gasteiger partial charge in [0, 0.05) is 6.42 Å². The Kier molecular flexibility index (Phi) is 7.54. The molecule has 0 saturated carbocycles. The lowest BCUT2D eigenvalue weighted by Crippen LogP contribution is -2.02. The predicted molar refractivity (Wildman–Crippen MR) is 59.3 cm³/mol. The van der Waals surface area contributed by atoms with Gasteiger partial charge in [-0.25, -0.2) is 0 Å². The Labute approximate surface area is 87.7 Å². The molecule has 0 heterocycles. The second-order valence-corrected chi connectivity index (χ2v) is 4.48. The largest absolute Gasteiger partial charge is 0.481 e. The summed E-state index contributed by atoms with van der Waals surface area (Å²) in [5, 5.41) is 8.51. The second kappa shape index (κ2) is 7.84. The van der Waals surface area contributed by atoms with Gasteiger partial charge in [-0.2, -0.15) is 0 Å². The minimum absolute atomic E-state index is 0.324. The van der Waals surface area contributed by atoms with E-state index in [2.05, 4.69) is 20.8 Å². The summed E-state index contributed by atoms with van der Waals surface area (Å²) in [5.74, 6) is 0.718. The highest BCUT2D eigenvalue weighted by atomic mass is 16.4. The zero-order chi connectivity index (χ0) is 11.0. The maximum atomic E-state index is 10.3. The van der Waals surface area contributed by atoms with E-state index >= 15 is 0 Å². The molecule has 14 heavy (non-hydrogen) atoms. The van der Waals surface area contributed by atoms with Gasteiger partial charge < -0.3 is 5.11 Å². The van der Waals surface area contributed by atoms with Crippen molar-refractivity contribution in [3.05, 3.63) is 0 Å². The van der Waals surface area contributed by atoms with Crippen LogP contribution in [0.2, 0.25) is 0 Å². The summed E-state index contributed by atoms with van der Waals surface area (Å²) >= 11 is 0. The predicted octanol–water partition coefficient (Wildman–Crippen LogP) is 3.70. The molecule has 0 aromatic carbocycles. The van der Waals surface area contributed by atoms with Crippen LogP contribution in [0, 0.1) is 11.8 Å². The quantitative estimate of drug-likeness (QED) is 0.648. The molecule has 0 aromatic rings. The summed E-state index contributed by atoms with van der Waals surface area (Å²) in [5.41, 5.74) is 0. The molecule has 0 spiro atoms. The van der Waals surface area contributed by atoms with E-state index in [4.69, 9.17) is 5.11 Å². The van der Waals surface area contributed by atoms with E-state index in [0.29, 0.717) is 12.3 Å². The Morgan fingerprint density at radius 2 is 1.71 bits per heavy atom. The molecule has 0 aliphatic carbocycles. The van der Waals surface area contributed by atoms with Crippen LogP contribution in [0.5, 0.6) is 0 Å². The van der Waals surface area contributed by atoms with Gasteiger partial charge in [0.25, 0.3) is 0 Å². The molecule has 2 nitrogen and oxygen atoms in total. The first-order chi connectivity index (χ1) is 6.56. The molecular formula is C12H24O2. The summed E-state index contributed by atoms with van der Waals surface area (Å²) in [4.78, 5) is 10.3. The van der Waals surface area contributed by atoms with E-state index in [1.165, 1.54) is 25.7 Å². The van der Waals surface area contributed by atoms with Crippen LogP contribution in [0.15, 0.2) is 0 Å². The van der Waals surface area contributed by atoms with Crippen molar-refractivity contribution in [2.24, 2.45) is 11.8 Å². The maximum Gasteiger partial charge on any atom is 0.303 e. The highest BCUT2D eigenvalue weighted by Gasteiger charge is 2.06. The Morgan fingerprint density at radius 3 is 2.21 bits per heavy atom. The minimum atomic E-state index is -0.668. The monoisotopic (exact) mass is 200 g/mol. The second-order valence-electron chi connectivity index (χ2n) is 4.48. The summed E-state index contributed by atoms with van der Waals surface area (Å²) < 4.78 is 0. The molecule has 2 heteroatoms. The van der Waals surface area contributed by atoms with Gasteiger partial charge in [0.2, 0.25) is 0 Å². The number of aliphatic carboxylic acids is 1. The molecule has 0 rings (SSSR count). The van der Waals surface area contributed by atoms with Crippen molar-refractivity contribution in [3.63, 3.8) is 0 Å². The zero-order valence-electron chi connectivity index (χ0n) is 9.75. The van der Waals surface area contributed by atoms with E-state index in [9.17, 15) is 4.79 Å². The first kappa shape index (κ1) is 13.5. The molecule has 0 radical (unpaired) electrons. The molecule has 0 saturated heterocycles. The van der Waals surface area contributed by atoms with E-state index in [-0.39, 0.29) is 0 Å². The third-order valence-electron chi connectivity index (χ3n) is 2.94. The standard InChI is InChI=1S/C12H24O2/c1-4-10(2)6-5-7-11(3)8-9-12(13)14/h10-11H,4-9H2,1-3H3,(H,13,14)/t10-,11+/m0/s1. The van der Waals surface area contributed by atoms with Gasteiger partial charge >= 0.3 is 5.97 Å². The average Bonchev–Trinajstić information content (AvgIpc) is 2.14. The van der Waals surface area contributed by atoms with Crippen molar-refractivity contribution in [3.8, 4) is 0 Å². The topological polar surface area (TPSA) is 37.3 Å². The highest BCUT2D eigenvalue weighted by Crippen LogP contribution is 2.17. The van der Waals surface area contributed by atoms with Crippen molar-refractivity contribution in [2.75, 3.05) is 0 Å². The molecule has 0 aliphatic rings. The third-order valence-corrected chi connectivity index (χ3v) is 2.94. The summed E-state index contributed by atoms with van der Waals surface area (Å²) in [6.07, 6.45) is 6.12. The van der Waals surface area contributed by atoms with Crippen LogP contribution in [0.3, 0.4) is 0 Å². The third kappa shape index (κ3) is 8.09. The van der Waals surface area contributed by atoms with Crippen LogP contribution in [-0.4, -0.2) is 11.1 Å². The van der Waals surface area contributed by atoms with E-state index < -0.39 is 5.97 Å². The molecular weight excluding hydrogens is 176 g/mol. The van der Waals surface area contributed by atoms with E-state index in [0.717, 1.165) is 12.3 Å². The first-order valence-electron chi connectivity index (χ1n) is 5.78. The van der Waals surface area contributed by atoms with Crippen molar-refractivity contribution < 1.29 is 9.90 Å². The normalized spacial score (nSPS) is 15.1. The van der Waals surface area contributed by atoms with Crippen LogP contribution < -0.4 is 0 Å². The zero-order valence-corrected chi connectivity index (χ0v) is 9.75. The van der Waals surface area contributed by atoms with Crippen molar-refractivity contribution in [2.45, 2.75) is 59.3 Å². The van der Waals surface area contributed by atoms with Crippen LogP contribution in [0.4, 0.5) is 0 Å². The molecule has 1 N–H and O–H groups in total. The molecule has 0 amide bonds. The van der Waals surface area contributed by atoms with Gasteiger partial charge in [-0.05, 0) is 18.3 Å². The van der Waals surface area contributed by atoms with Gasteiger partial charge in [0.05, 0.1) is 0 Å². The fourth-order valence-electron chi connectivity index (χ4n) is 1.53. The first-order valence-corrected chi connectivity index (χ1v) is 5.78. The molecule has 2 atom stereocenters. The molecule has 0 fully saturated rings. The van der Waals surface area contributed by atoms with Crippen LogP contribution in [-0.2, 0) is 4.79 Å². The summed E-state index contributed by atoms with van der Waals surface area (Å²) in [7, 11) is 0. The maximum absolute atomic E-state index is 10.3. The number of rotatable bonds is 8. The lowest BCUT2D eigenvalue weighted by Gasteiger charge is -2.12. The van der Waals surface area contributed by atoms with E-state index in [1.807, 2.05) is 0 Å². The number of hydrogen-bond donors (Lipinski definition) is 1. The van der Waals surface area contributed by atoms with Gasteiger partial charge in [0.1, 0.15) is 0 Å². The SMILES string of the molecule is CC[C@H](C)CCC[C@@H](C)CCC(=O)O. The molecule has 0 aliphatic heterocycles. The lowest BCUT2D eigenvalue weighted by atomic mass is 9.94. The van der Waals surface area contributed by atoms with Crippen molar-refractivity contribution in [1.82, 2.24) is 0 Å². The molecule has 84 valence electrons. The Bertz CT molecular complexity index is 154. The van der Waals surface area contributed by atoms with Crippen molar-refractivity contribution >= 4 is 5.97 Å². The number of hydrogen-bond acceptors (Lipinski definition) is 1. The minimum Gasteiger partial charge on any atom is -0.481 e. The van der Waals surface area contributed by atoms with Crippen LogP contribution in [0.25, 0.3) is 0 Å². The molecule has 0 aromatic heterocycles. The van der Waals surface area contributed by atoms with E-state index in [1.54, 1.807) is 0 Å². The number of carbonyl (C=O) groups is 1. The molecule has 0 bridgehead atoms. The van der Waals surface area contributed by atoms with Gasteiger partial charge in [-0.15, -0.1) is 0 Å². The van der Waals surface area contributed by atoms with Crippen LogP contribution in [0.1, 0.15) is 59.3 Å².